The van der Waals surface area contributed by atoms with E-state index in [0.717, 1.165) is 5.56 Å². The van der Waals surface area contributed by atoms with Crippen LogP contribution in [-0.2, 0) is 16.0 Å². The van der Waals surface area contributed by atoms with Crippen LogP contribution in [-0.4, -0.2) is 19.0 Å². The molecule has 0 heterocycles. The van der Waals surface area contributed by atoms with Crippen LogP contribution in [0.2, 0.25) is 10.0 Å². The fourth-order valence-electron chi connectivity index (χ4n) is 1.73. The summed E-state index contributed by atoms with van der Waals surface area (Å²) in [7, 11) is 1.55. The van der Waals surface area contributed by atoms with Crippen LogP contribution >= 0.6 is 23.2 Å². The van der Waals surface area contributed by atoms with Crippen LogP contribution in [0.25, 0.3) is 0 Å². The largest absolute Gasteiger partial charge is 0.373 e. The van der Waals surface area contributed by atoms with E-state index in [2.05, 4.69) is 0 Å². The maximum absolute atomic E-state index is 12.0. The number of benzene rings is 1. The average molecular weight is 275 g/mol. The number of ether oxygens (including phenoxy) is 1. The van der Waals surface area contributed by atoms with E-state index in [9.17, 15) is 4.79 Å². The smallest absolute Gasteiger partial charge is 0.166 e. The topological polar surface area (TPSA) is 26.3 Å². The van der Waals surface area contributed by atoms with Crippen molar-refractivity contribution in [1.82, 2.24) is 0 Å². The highest BCUT2D eigenvalue weighted by Gasteiger charge is 2.21. The molecular formula is C13H16Cl2O2. The molecule has 0 bridgehead atoms. The van der Waals surface area contributed by atoms with Crippen molar-refractivity contribution < 1.29 is 9.53 Å². The molecule has 0 spiro atoms. The zero-order valence-corrected chi connectivity index (χ0v) is 11.7. The Morgan fingerprint density at radius 3 is 2.41 bits per heavy atom. The molecule has 0 fully saturated rings. The van der Waals surface area contributed by atoms with Gasteiger partial charge in [-0.2, -0.15) is 0 Å². The van der Waals surface area contributed by atoms with Crippen molar-refractivity contribution in [3.05, 3.63) is 33.8 Å². The molecule has 4 heteroatoms. The maximum Gasteiger partial charge on any atom is 0.166 e. The van der Waals surface area contributed by atoms with E-state index in [1.165, 1.54) is 0 Å². The van der Waals surface area contributed by atoms with Crippen molar-refractivity contribution in [2.24, 2.45) is 5.92 Å². The molecule has 0 aliphatic carbocycles. The summed E-state index contributed by atoms with van der Waals surface area (Å²) >= 11 is 11.7. The number of hydrogen-bond donors (Lipinski definition) is 0. The zero-order valence-electron chi connectivity index (χ0n) is 10.2. The normalized spacial score (nSPS) is 12.8. The Morgan fingerprint density at radius 2 is 1.94 bits per heavy atom. The predicted molar refractivity (Wildman–Crippen MR) is 70.8 cm³/mol. The van der Waals surface area contributed by atoms with E-state index in [1.807, 2.05) is 13.8 Å². The second-order valence-electron chi connectivity index (χ2n) is 4.29. The number of carbonyl (C=O) groups excluding carboxylic acids is 1. The minimum Gasteiger partial charge on any atom is -0.373 e. The quantitative estimate of drug-likeness (QED) is 0.817. The molecule has 0 saturated heterocycles. The Morgan fingerprint density at radius 1 is 1.29 bits per heavy atom. The lowest BCUT2D eigenvalue weighted by Crippen LogP contribution is -2.29. The molecule has 1 aromatic rings. The number of ketones is 1. The molecule has 0 saturated carbocycles. The second-order valence-corrected chi connectivity index (χ2v) is 5.11. The summed E-state index contributed by atoms with van der Waals surface area (Å²) in [6.45, 7) is 3.92. The van der Waals surface area contributed by atoms with E-state index in [4.69, 9.17) is 27.9 Å². The van der Waals surface area contributed by atoms with Crippen molar-refractivity contribution >= 4 is 29.0 Å². The van der Waals surface area contributed by atoms with E-state index in [0.29, 0.717) is 16.5 Å². The fourth-order valence-corrected chi connectivity index (χ4v) is 2.05. The van der Waals surface area contributed by atoms with Crippen LogP contribution in [0.1, 0.15) is 19.4 Å². The minimum atomic E-state index is -0.371. The highest BCUT2D eigenvalue weighted by Crippen LogP contribution is 2.23. The molecule has 0 N–H and O–H groups in total. The third kappa shape index (κ3) is 3.98. The van der Waals surface area contributed by atoms with Gasteiger partial charge < -0.3 is 4.74 Å². The van der Waals surface area contributed by atoms with Gasteiger partial charge in [0.25, 0.3) is 0 Å². The van der Waals surface area contributed by atoms with Crippen molar-refractivity contribution in [3.8, 4) is 0 Å². The highest BCUT2D eigenvalue weighted by molar-refractivity contribution is 6.42. The molecule has 1 unspecified atom stereocenters. The fraction of sp³-hybridized carbons (Fsp3) is 0.462. The first kappa shape index (κ1) is 14.5. The lowest BCUT2D eigenvalue weighted by atomic mass is 9.98. The van der Waals surface area contributed by atoms with Crippen LogP contribution in [0.5, 0.6) is 0 Å². The Labute approximate surface area is 112 Å². The molecule has 2 nitrogen and oxygen atoms in total. The summed E-state index contributed by atoms with van der Waals surface area (Å²) in [6.07, 6.45) is -0.0578. The van der Waals surface area contributed by atoms with Crippen molar-refractivity contribution in [2.75, 3.05) is 7.11 Å². The standard InChI is InChI=1S/C13H16Cl2O2/c1-8(2)13(17-3)12(16)7-9-4-5-10(14)11(15)6-9/h4-6,8,13H,7H2,1-3H3. The van der Waals surface area contributed by atoms with Gasteiger partial charge in [0.15, 0.2) is 5.78 Å². The van der Waals surface area contributed by atoms with Crippen LogP contribution in [0.3, 0.4) is 0 Å². The van der Waals surface area contributed by atoms with Crippen LogP contribution in [0.15, 0.2) is 18.2 Å². The van der Waals surface area contributed by atoms with Gasteiger partial charge in [0.2, 0.25) is 0 Å². The number of rotatable bonds is 5. The summed E-state index contributed by atoms with van der Waals surface area (Å²) in [5, 5.41) is 0.963. The number of hydrogen-bond acceptors (Lipinski definition) is 2. The van der Waals surface area contributed by atoms with Gasteiger partial charge in [-0.25, -0.2) is 0 Å². The van der Waals surface area contributed by atoms with Crippen LogP contribution in [0.4, 0.5) is 0 Å². The Kier molecular flexibility index (Phi) is 5.44. The van der Waals surface area contributed by atoms with Crippen LogP contribution in [0, 0.1) is 5.92 Å². The third-order valence-corrected chi connectivity index (χ3v) is 3.28. The summed E-state index contributed by atoms with van der Waals surface area (Å²) in [6, 6.07) is 5.22. The second kappa shape index (κ2) is 6.39. The molecule has 0 radical (unpaired) electrons. The molecule has 0 amide bonds. The SMILES string of the molecule is COC(C(=O)Cc1ccc(Cl)c(Cl)c1)C(C)C. The number of methoxy groups -OCH3 is 1. The monoisotopic (exact) mass is 274 g/mol. The number of carbonyl (C=O) groups is 1. The summed E-state index contributed by atoms with van der Waals surface area (Å²) < 4.78 is 5.19. The maximum atomic E-state index is 12.0. The van der Waals surface area contributed by atoms with E-state index < -0.39 is 0 Å². The summed E-state index contributed by atoms with van der Waals surface area (Å²) in [4.78, 5) is 12.0. The number of Topliss-reactive ketones (excluding diaryl/α,β-unsaturated/α-hetero) is 1. The molecular weight excluding hydrogens is 259 g/mol. The molecule has 0 aliphatic heterocycles. The third-order valence-electron chi connectivity index (χ3n) is 2.54. The molecule has 94 valence electrons. The first-order valence-electron chi connectivity index (χ1n) is 5.45. The van der Waals surface area contributed by atoms with Gasteiger partial charge in [-0.15, -0.1) is 0 Å². The average Bonchev–Trinajstić information content (AvgIpc) is 2.24. The Balaban J connectivity index is 2.77. The van der Waals surface area contributed by atoms with Gasteiger partial charge in [-0.1, -0.05) is 43.1 Å². The minimum absolute atomic E-state index is 0.0564. The zero-order chi connectivity index (χ0) is 13.0. The number of halogens is 2. The first-order valence-corrected chi connectivity index (χ1v) is 6.20. The predicted octanol–water partition coefficient (Wildman–Crippen LogP) is 3.78. The van der Waals surface area contributed by atoms with Crippen molar-refractivity contribution in [2.45, 2.75) is 26.4 Å². The van der Waals surface area contributed by atoms with Gasteiger partial charge in [-0.3, -0.25) is 4.79 Å². The molecule has 1 aromatic carbocycles. The lowest BCUT2D eigenvalue weighted by Gasteiger charge is -2.17. The van der Waals surface area contributed by atoms with Crippen LogP contribution < -0.4 is 0 Å². The molecule has 17 heavy (non-hydrogen) atoms. The summed E-state index contributed by atoms with van der Waals surface area (Å²) in [5.74, 6) is 0.219. The Hall–Kier alpha value is -0.570. The van der Waals surface area contributed by atoms with Crippen molar-refractivity contribution in [3.63, 3.8) is 0 Å². The van der Waals surface area contributed by atoms with Gasteiger partial charge >= 0.3 is 0 Å². The molecule has 1 atom stereocenters. The van der Waals surface area contributed by atoms with Gasteiger partial charge in [0.05, 0.1) is 10.0 Å². The lowest BCUT2D eigenvalue weighted by molar-refractivity contribution is -0.130. The molecule has 1 rings (SSSR count). The molecule has 0 aliphatic rings. The van der Waals surface area contributed by atoms with Gasteiger partial charge in [-0.05, 0) is 23.6 Å². The van der Waals surface area contributed by atoms with E-state index in [-0.39, 0.29) is 17.8 Å². The molecule has 0 aromatic heterocycles. The van der Waals surface area contributed by atoms with E-state index in [1.54, 1.807) is 25.3 Å². The van der Waals surface area contributed by atoms with Gasteiger partial charge in [0, 0.05) is 13.5 Å². The van der Waals surface area contributed by atoms with E-state index >= 15 is 0 Å². The highest BCUT2D eigenvalue weighted by atomic mass is 35.5. The van der Waals surface area contributed by atoms with Gasteiger partial charge in [0.1, 0.15) is 6.10 Å². The van der Waals surface area contributed by atoms with Crippen molar-refractivity contribution in [1.29, 1.82) is 0 Å². The first-order chi connectivity index (χ1) is 7.95. The summed E-state index contributed by atoms with van der Waals surface area (Å²) in [5.41, 5.74) is 0.854. The Bertz CT molecular complexity index is 402.